The number of quaternary nitrogens is 1. The van der Waals surface area contributed by atoms with Crippen LogP contribution in [0.25, 0.3) is 0 Å². The third kappa shape index (κ3) is 3.33. The van der Waals surface area contributed by atoms with Crippen LogP contribution in [0, 0.1) is 0 Å². The molecule has 5 heteroatoms. The van der Waals surface area contributed by atoms with Gasteiger partial charge in [-0.25, -0.2) is 4.79 Å². The van der Waals surface area contributed by atoms with Gasteiger partial charge in [0, 0.05) is 12.8 Å². The van der Waals surface area contributed by atoms with Gasteiger partial charge < -0.3 is 27.9 Å². The van der Waals surface area contributed by atoms with Crippen molar-refractivity contribution in [2.75, 3.05) is 0 Å². The lowest BCUT2D eigenvalue weighted by atomic mass is 9.73. The molecule has 4 N–H and O–H groups in total. The standard InChI is InChI=1S/C10H19NO3.ClH/c1-8(2)5-10(14,7(12)13)6-9(3,4)11-8;/h11,14H,5-6H2,1-4H3,(H,12,13);1H. The van der Waals surface area contributed by atoms with Crippen LogP contribution in [0.3, 0.4) is 0 Å². The molecule has 1 rings (SSSR count). The van der Waals surface area contributed by atoms with E-state index in [1.54, 1.807) is 0 Å². The molecule has 4 nitrogen and oxygen atoms in total. The summed E-state index contributed by atoms with van der Waals surface area (Å²) in [5.74, 6) is -1.10. The van der Waals surface area contributed by atoms with Crippen LogP contribution in [-0.4, -0.2) is 32.9 Å². The zero-order valence-electron chi connectivity index (χ0n) is 9.67. The van der Waals surface area contributed by atoms with Crippen molar-refractivity contribution in [3.05, 3.63) is 0 Å². The highest BCUT2D eigenvalue weighted by Gasteiger charge is 2.53. The van der Waals surface area contributed by atoms with Crippen LogP contribution in [0.5, 0.6) is 0 Å². The van der Waals surface area contributed by atoms with Crippen molar-refractivity contribution in [1.29, 1.82) is 0 Å². The average molecular weight is 238 g/mol. The first-order valence-corrected chi connectivity index (χ1v) is 4.89. The van der Waals surface area contributed by atoms with Crippen LogP contribution in [0.15, 0.2) is 0 Å². The van der Waals surface area contributed by atoms with Crippen LogP contribution < -0.4 is 17.7 Å². The van der Waals surface area contributed by atoms with Crippen molar-refractivity contribution < 1.29 is 32.7 Å². The summed E-state index contributed by atoms with van der Waals surface area (Å²) in [7, 11) is 0. The summed E-state index contributed by atoms with van der Waals surface area (Å²) in [5, 5.41) is 21.1. The molecule has 0 atom stereocenters. The van der Waals surface area contributed by atoms with Gasteiger partial charge in [-0.1, -0.05) is 0 Å². The van der Waals surface area contributed by atoms with Gasteiger partial charge in [0.2, 0.25) is 0 Å². The minimum atomic E-state index is -1.57. The lowest BCUT2D eigenvalue weighted by Gasteiger charge is -2.45. The molecule has 0 aromatic carbocycles. The number of piperidine rings is 1. The zero-order valence-corrected chi connectivity index (χ0v) is 10.4. The Labute approximate surface area is 96.5 Å². The molecule has 0 bridgehead atoms. The molecule has 15 heavy (non-hydrogen) atoms. The van der Waals surface area contributed by atoms with Gasteiger partial charge >= 0.3 is 5.97 Å². The molecule has 1 saturated heterocycles. The van der Waals surface area contributed by atoms with Gasteiger partial charge in [0.1, 0.15) is 0 Å². The number of aliphatic hydroxyl groups is 1. The fraction of sp³-hybridized carbons (Fsp3) is 0.900. The fourth-order valence-corrected chi connectivity index (χ4v) is 2.88. The number of nitrogens with two attached hydrogens (primary N) is 1. The summed E-state index contributed by atoms with van der Waals surface area (Å²) < 4.78 is 0. The molecule has 0 unspecified atom stereocenters. The molecule has 0 radical (unpaired) electrons. The molecule has 0 saturated carbocycles. The van der Waals surface area contributed by atoms with Crippen molar-refractivity contribution in [2.24, 2.45) is 0 Å². The molecule has 1 heterocycles. The Morgan fingerprint density at radius 3 is 1.73 bits per heavy atom. The SMILES string of the molecule is CC1(C)CC(O)(C(=O)O)CC(C)(C)[NH2+]1.[Cl-]. The van der Waals surface area contributed by atoms with Gasteiger partial charge in [-0.15, -0.1) is 0 Å². The minimum Gasteiger partial charge on any atom is -1.00 e. The van der Waals surface area contributed by atoms with Gasteiger partial charge in [0.25, 0.3) is 0 Å². The number of carboxylic acids is 1. The Bertz CT molecular complexity index is 247. The molecule has 0 aliphatic carbocycles. The molecule has 1 aliphatic rings. The Kier molecular flexibility index (Phi) is 3.84. The van der Waals surface area contributed by atoms with Gasteiger partial charge in [-0.2, -0.15) is 0 Å². The van der Waals surface area contributed by atoms with Crippen molar-refractivity contribution >= 4 is 5.97 Å². The van der Waals surface area contributed by atoms with E-state index in [9.17, 15) is 9.90 Å². The number of carboxylic acid groups (broad SMARTS) is 1. The van der Waals surface area contributed by atoms with E-state index in [-0.39, 0.29) is 23.5 Å². The fourth-order valence-electron chi connectivity index (χ4n) is 2.88. The van der Waals surface area contributed by atoms with Crippen LogP contribution in [-0.2, 0) is 4.79 Å². The predicted octanol–water partition coefficient (Wildman–Crippen LogP) is -3.28. The number of rotatable bonds is 1. The normalized spacial score (nSPS) is 26.5. The number of carbonyl (C=O) groups is 1. The maximum atomic E-state index is 11.0. The van der Waals surface area contributed by atoms with E-state index in [1.165, 1.54) is 0 Å². The van der Waals surface area contributed by atoms with Crippen molar-refractivity contribution in [2.45, 2.75) is 57.2 Å². The molecular formula is C10H20ClNO3. The Morgan fingerprint density at radius 2 is 1.47 bits per heavy atom. The molecule has 0 amide bonds. The number of halogens is 1. The van der Waals surface area contributed by atoms with E-state index in [4.69, 9.17) is 5.11 Å². The first-order chi connectivity index (χ1) is 6.06. The van der Waals surface area contributed by atoms with Crippen LogP contribution in [0.1, 0.15) is 40.5 Å². The first-order valence-electron chi connectivity index (χ1n) is 4.89. The highest BCUT2D eigenvalue weighted by atomic mass is 35.5. The highest BCUT2D eigenvalue weighted by molar-refractivity contribution is 5.77. The second-order valence-corrected chi connectivity index (χ2v) is 5.81. The molecule has 1 aliphatic heterocycles. The maximum Gasteiger partial charge on any atom is 0.336 e. The van der Waals surface area contributed by atoms with Crippen LogP contribution >= 0.6 is 0 Å². The Morgan fingerprint density at radius 1 is 1.13 bits per heavy atom. The Hall–Kier alpha value is -0.320. The van der Waals surface area contributed by atoms with Gasteiger partial charge in [0.15, 0.2) is 5.60 Å². The summed E-state index contributed by atoms with van der Waals surface area (Å²) in [6.45, 7) is 7.84. The van der Waals surface area contributed by atoms with Gasteiger partial charge in [-0.3, -0.25) is 0 Å². The first kappa shape index (κ1) is 14.7. The summed E-state index contributed by atoms with van der Waals surface area (Å²) >= 11 is 0. The summed E-state index contributed by atoms with van der Waals surface area (Å²) in [6, 6.07) is 0. The molecular weight excluding hydrogens is 218 g/mol. The van der Waals surface area contributed by atoms with Gasteiger partial charge in [0.05, 0.1) is 11.1 Å². The monoisotopic (exact) mass is 237 g/mol. The van der Waals surface area contributed by atoms with Crippen LogP contribution in [0.2, 0.25) is 0 Å². The summed E-state index contributed by atoms with van der Waals surface area (Å²) in [5.41, 5.74) is -2.02. The summed E-state index contributed by atoms with van der Waals surface area (Å²) in [4.78, 5) is 11.0. The van der Waals surface area contributed by atoms with E-state index in [1.807, 2.05) is 27.7 Å². The number of aliphatic carboxylic acids is 1. The average Bonchev–Trinajstić information content (AvgIpc) is 1.76. The van der Waals surface area contributed by atoms with Crippen molar-refractivity contribution in [1.82, 2.24) is 0 Å². The van der Waals surface area contributed by atoms with Gasteiger partial charge in [-0.05, 0) is 27.7 Å². The molecule has 0 aromatic heterocycles. The topological polar surface area (TPSA) is 74.1 Å². The Balaban J connectivity index is 0.00000196. The molecule has 1 fully saturated rings. The zero-order chi connectivity index (χ0) is 11.2. The quantitative estimate of drug-likeness (QED) is 0.448. The van der Waals surface area contributed by atoms with E-state index < -0.39 is 11.6 Å². The van der Waals surface area contributed by atoms with E-state index >= 15 is 0 Å². The smallest absolute Gasteiger partial charge is 0.336 e. The predicted molar refractivity (Wildman–Crippen MR) is 51.9 cm³/mol. The van der Waals surface area contributed by atoms with E-state index in [0.29, 0.717) is 12.8 Å². The lowest BCUT2D eigenvalue weighted by molar-refractivity contribution is -0.791. The second-order valence-electron chi connectivity index (χ2n) is 5.81. The third-order valence-electron chi connectivity index (χ3n) is 2.68. The highest BCUT2D eigenvalue weighted by Crippen LogP contribution is 2.30. The third-order valence-corrected chi connectivity index (χ3v) is 2.68. The molecule has 0 spiro atoms. The van der Waals surface area contributed by atoms with Crippen molar-refractivity contribution in [3.63, 3.8) is 0 Å². The molecule has 90 valence electrons. The molecule has 0 aromatic rings. The minimum absolute atomic E-state index is 0. The van der Waals surface area contributed by atoms with E-state index in [2.05, 4.69) is 5.32 Å². The van der Waals surface area contributed by atoms with Crippen LogP contribution in [0.4, 0.5) is 0 Å². The second kappa shape index (κ2) is 3.92. The van der Waals surface area contributed by atoms with E-state index in [0.717, 1.165) is 0 Å². The number of hydrogen-bond donors (Lipinski definition) is 3. The maximum absolute atomic E-state index is 11.0. The summed E-state index contributed by atoms with van der Waals surface area (Å²) in [6.07, 6.45) is 0.581. The lowest BCUT2D eigenvalue weighted by Crippen LogP contribution is -3.06. The number of hydrogen-bond acceptors (Lipinski definition) is 2. The largest absolute Gasteiger partial charge is 1.00 e. The van der Waals surface area contributed by atoms with Crippen molar-refractivity contribution in [3.8, 4) is 0 Å².